The molecule has 33 heavy (non-hydrogen) atoms. The van der Waals surface area contributed by atoms with Gasteiger partial charge in [0, 0.05) is 43.3 Å². The van der Waals surface area contributed by atoms with Gasteiger partial charge in [0.15, 0.2) is 11.5 Å². The number of carbonyl (C=O) groups excluding carboxylic acids is 1. The first-order valence-electron chi connectivity index (χ1n) is 10.2. The zero-order valence-electron chi connectivity index (χ0n) is 18.1. The summed E-state index contributed by atoms with van der Waals surface area (Å²) in [7, 11) is 3.14. The van der Waals surface area contributed by atoms with Gasteiger partial charge >= 0.3 is 12.6 Å². The van der Waals surface area contributed by atoms with Crippen molar-refractivity contribution in [3.63, 3.8) is 0 Å². The predicted molar refractivity (Wildman–Crippen MR) is 119 cm³/mol. The van der Waals surface area contributed by atoms with E-state index in [9.17, 15) is 13.6 Å². The van der Waals surface area contributed by atoms with Gasteiger partial charge in [0.1, 0.15) is 17.9 Å². The number of anilines is 2. The fraction of sp³-hybridized carbons (Fsp3) is 0.318. The van der Waals surface area contributed by atoms with Crippen molar-refractivity contribution in [2.75, 3.05) is 50.6 Å². The number of benzene rings is 2. The van der Waals surface area contributed by atoms with Crippen molar-refractivity contribution in [3.8, 4) is 17.2 Å². The lowest BCUT2D eigenvalue weighted by Gasteiger charge is -2.35. The quantitative estimate of drug-likeness (QED) is 0.603. The maximum Gasteiger partial charge on any atom is 0.387 e. The Morgan fingerprint density at radius 2 is 1.67 bits per heavy atom. The van der Waals surface area contributed by atoms with Crippen LogP contribution in [0.2, 0.25) is 0 Å². The minimum Gasteiger partial charge on any atom is -0.493 e. The predicted octanol–water partition coefficient (Wildman–Crippen LogP) is 3.60. The zero-order chi connectivity index (χ0) is 23.4. The van der Waals surface area contributed by atoms with E-state index in [1.165, 1.54) is 30.6 Å². The fourth-order valence-corrected chi connectivity index (χ4v) is 3.67. The number of nitrogens with one attached hydrogen (secondary N) is 1. The molecule has 0 aliphatic carbocycles. The Bertz CT molecular complexity index is 1120. The molecule has 2 aromatic carbocycles. The SMILES string of the molecule is COc1cc2ncnc(N3CCN(C(=O)Nc4ccc(OC(F)F)cc4)CC3)c2cc1OC. The highest BCUT2D eigenvalue weighted by atomic mass is 19.3. The number of piperazine rings is 1. The van der Waals surface area contributed by atoms with Gasteiger partial charge in [0.2, 0.25) is 0 Å². The van der Waals surface area contributed by atoms with Crippen LogP contribution in [-0.4, -0.2) is 67.9 Å². The number of hydrogen-bond donors (Lipinski definition) is 1. The monoisotopic (exact) mass is 459 g/mol. The van der Waals surface area contributed by atoms with E-state index in [0.717, 1.165) is 16.7 Å². The molecule has 1 aromatic heterocycles. The molecule has 1 aliphatic heterocycles. The van der Waals surface area contributed by atoms with Crippen molar-refractivity contribution in [2.45, 2.75) is 6.61 Å². The molecule has 0 unspecified atom stereocenters. The molecule has 1 saturated heterocycles. The first-order chi connectivity index (χ1) is 16.0. The molecule has 1 aliphatic rings. The molecule has 1 N–H and O–H groups in total. The second-order valence-corrected chi connectivity index (χ2v) is 7.23. The number of aromatic nitrogens is 2. The van der Waals surface area contributed by atoms with Crippen LogP contribution in [0, 0.1) is 0 Å². The number of ether oxygens (including phenoxy) is 3. The third-order valence-corrected chi connectivity index (χ3v) is 5.32. The van der Waals surface area contributed by atoms with Crippen molar-refractivity contribution >= 4 is 28.4 Å². The van der Waals surface area contributed by atoms with Gasteiger partial charge in [-0.1, -0.05) is 0 Å². The van der Waals surface area contributed by atoms with Gasteiger partial charge in [0.25, 0.3) is 0 Å². The smallest absolute Gasteiger partial charge is 0.387 e. The van der Waals surface area contributed by atoms with Crippen LogP contribution in [0.3, 0.4) is 0 Å². The van der Waals surface area contributed by atoms with Crippen LogP contribution in [0.25, 0.3) is 10.9 Å². The summed E-state index contributed by atoms with van der Waals surface area (Å²) in [4.78, 5) is 25.2. The summed E-state index contributed by atoms with van der Waals surface area (Å²) in [6, 6.07) is 9.18. The number of methoxy groups -OCH3 is 2. The van der Waals surface area contributed by atoms with Crippen LogP contribution in [0.5, 0.6) is 17.2 Å². The number of hydrogen-bond acceptors (Lipinski definition) is 7. The van der Waals surface area contributed by atoms with Crippen molar-refractivity contribution in [2.24, 2.45) is 0 Å². The highest BCUT2D eigenvalue weighted by Gasteiger charge is 2.24. The minimum atomic E-state index is -2.89. The summed E-state index contributed by atoms with van der Waals surface area (Å²) in [6.07, 6.45) is 1.50. The lowest BCUT2D eigenvalue weighted by atomic mass is 10.2. The van der Waals surface area contributed by atoms with Crippen LogP contribution in [0.4, 0.5) is 25.1 Å². The van der Waals surface area contributed by atoms with Crippen LogP contribution in [-0.2, 0) is 0 Å². The number of amides is 2. The molecule has 0 spiro atoms. The molecule has 4 rings (SSSR count). The maximum atomic E-state index is 12.6. The van der Waals surface area contributed by atoms with E-state index in [4.69, 9.17) is 9.47 Å². The van der Waals surface area contributed by atoms with Crippen molar-refractivity contribution < 1.29 is 27.8 Å². The topological polar surface area (TPSA) is 89.1 Å². The molecule has 174 valence electrons. The highest BCUT2D eigenvalue weighted by Crippen LogP contribution is 2.35. The maximum absolute atomic E-state index is 12.6. The Morgan fingerprint density at radius 1 is 1.00 bits per heavy atom. The van der Waals surface area contributed by atoms with E-state index in [1.807, 2.05) is 6.07 Å². The van der Waals surface area contributed by atoms with E-state index in [1.54, 1.807) is 25.2 Å². The second kappa shape index (κ2) is 9.72. The van der Waals surface area contributed by atoms with Crippen LogP contribution < -0.4 is 24.4 Å². The Balaban J connectivity index is 1.41. The van der Waals surface area contributed by atoms with E-state index in [-0.39, 0.29) is 11.8 Å². The molecule has 0 radical (unpaired) electrons. The number of halogens is 2. The first kappa shape index (κ1) is 22.3. The number of urea groups is 1. The minimum absolute atomic E-state index is 0.0305. The van der Waals surface area contributed by atoms with Gasteiger partial charge in [-0.25, -0.2) is 14.8 Å². The number of alkyl halides is 2. The molecule has 2 heterocycles. The zero-order valence-corrected chi connectivity index (χ0v) is 18.1. The summed E-state index contributed by atoms with van der Waals surface area (Å²) in [5, 5.41) is 3.61. The lowest BCUT2D eigenvalue weighted by molar-refractivity contribution is -0.0498. The molecule has 3 aromatic rings. The van der Waals surface area contributed by atoms with Gasteiger partial charge in [-0.3, -0.25) is 0 Å². The van der Waals surface area contributed by atoms with Crippen LogP contribution in [0.1, 0.15) is 0 Å². The number of carbonyl (C=O) groups is 1. The Labute approximate surface area is 188 Å². The molecule has 0 bridgehead atoms. The number of nitrogens with zero attached hydrogens (tertiary/aromatic N) is 4. The molecule has 9 nitrogen and oxygen atoms in total. The van der Waals surface area contributed by atoms with Crippen LogP contribution >= 0.6 is 0 Å². The molecular weight excluding hydrogens is 436 g/mol. The third kappa shape index (κ3) is 4.97. The summed E-state index contributed by atoms with van der Waals surface area (Å²) in [5.41, 5.74) is 1.23. The van der Waals surface area contributed by atoms with Crippen molar-refractivity contribution in [1.29, 1.82) is 0 Å². The largest absolute Gasteiger partial charge is 0.493 e. The fourth-order valence-electron chi connectivity index (χ4n) is 3.67. The van der Waals surface area contributed by atoms with E-state index in [2.05, 4.69) is 24.9 Å². The lowest BCUT2D eigenvalue weighted by Crippen LogP contribution is -2.50. The van der Waals surface area contributed by atoms with Gasteiger partial charge in [-0.2, -0.15) is 8.78 Å². The van der Waals surface area contributed by atoms with Gasteiger partial charge in [-0.15, -0.1) is 0 Å². The highest BCUT2D eigenvalue weighted by molar-refractivity contribution is 5.92. The standard InChI is InChI=1S/C22H23F2N5O4/c1-31-18-11-16-17(12-19(18)32-2)25-13-26-20(16)28-7-9-29(10-8-28)22(30)27-14-3-5-15(6-4-14)33-21(23)24/h3-6,11-13,21H,7-10H2,1-2H3,(H,27,30). The van der Waals surface area contributed by atoms with E-state index < -0.39 is 6.61 Å². The third-order valence-electron chi connectivity index (χ3n) is 5.32. The Kier molecular flexibility index (Phi) is 6.57. The first-order valence-corrected chi connectivity index (χ1v) is 10.2. The summed E-state index contributed by atoms with van der Waals surface area (Å²) in [6.45, 7) is -0.768. The molecular formula is C22H23F2N5O4. The average Bonchev–Trinajstić information content (AvgIpc) is 2.83. The average molecular weight is 459 g/mol. The summed E-state index contributed by atoms with van der Waals surface area (Å²) < 4.78 is 39.6. The number of rotatable bonds is 6. The van der Waals surface area contributed by atoms with Crippen LogP contribution in [0.15, 0.2) is 42.7 Å². The molecule has 0 saturated carbocycles. The van der Waals surface area contributed by atoms with Crippen molar-refractivity contribution in [3.05, 3.63) is 42.7 Å². The molecule has 1 fully saturated rings. The summed E-state index contributed by atoms with van der Waals surface area (Å²) >= 11 is 0. The summed E-state index contributed by atoms with van der Waals surface area (Å²) in [5.74, 6) is 1.97. The molecule has 11 heteroatoms. The molecule has 2 amide bonds. The van der Waals surface area contributed by atoms with Gasteiger partial charge in [-0.05, 0) is 30.3 Å². The van der Waals surface area contributed by atoms with Gasteiger partial charge < -0.3 is 29.3 Å². The van der Waals surface area contributed by atoms with Gasteiger partial charge in [0.05, 0.1) is 19.7 Å². The molecule has 0 atom stereocenters. The number of fused-ring (bicyclic) bond motifs is 1. The Hall–Kier alpha value is -3.89. The normalized spacial score (nSPS) is 13.8. The van der Waals surface area contributed by atoms with Crippen molar-refractivity contribution in [1.82, 2.24) is 14.9 Å². The Morgan fingerprint density at radius 3 is 2.30 bits per heavy atom. The van der Waals surface area contributed by atoms with E-state index in [0.29, 0.717) is 43.4 Å². The second-order valence-electron chi connectivity index (χ2n) is 7.23. The van der Waals surface area contributed by atoms with E-state index >= 15 is 0 Å².